The third-order valence-electron chi connectivity index (χ3n) is 3.62. The molecular weight excluding hydrogens is 278 g/mol. The highest BCUT2D eigenvalue weighted by molar-refractivity contribution is 5.54. The largest absolute Gasteiger partial charge is 0.342 e. The van der Waals surface area contributed by atoms with Crippen LogP contribution in [0.2, 0.25) is 0 Å². The molecule has 2 heterocycles. The highest BCUT2D eigenvalue weighted by Gasteiger charge is 2.06. The summed E-state index contributed by atoms with van der Waals surface area (Å²) in [5.74, 6) is 1.65. The van der Waals surface area contributed by atoms with Crippen LogP contribution in [-0.2, 0) is 13.1 Å². The quantitative estimate of drug-likeness (QED) is 0.756. The van der Waals surface area contributed by atoms with E-state index in [1.54, 1.807) is 0 Å². The fourth-order valence-corrected chi connectivity index (χ4v) is 2.32. The van der Waals surface area contributed by atoms with Crippen LogP contribution in [0, 0.1) is 6.92 Å². The van der Waals surface area contributed by atoms with Gasteiger partial charge in [-0.2, -0.15) is 4.98 Å². The maximum atomic E-state index is 4.76. The molecule has 0 aliphatic carbocycles. The Kier molecular flexibility index (Phi) is 4.29. The Morgan fingerprint density at radius 2 is 2.05 bits per heavy atom. The minimum absolute atomic E-state index is 0.366. The SMILES string of the molecule is Cc1nccn1C[C@@H](C)NCc1ccc(-c2ncon2)cc1. The summed E-state index contributed by atoms with van der Waals surface area (Å²) in [5.41, 5.74) is 2.18. The molecule has 3 rings (SSSR count). The normalized spacial score (nSPS) is 12.5. The molecule has 0 amide bonds. The van der Waals surface area contributed by atoms with Gasteiger partial charge in [-0.15, -0.1) is 0 Å². The molecule has 22 heavy (non-hydrogen) atoms. The summed E-state index contributed by atoms with van der Waals surface area (Å²) in [4.78, 5) is 8.28. The van der Waals surface area contributed by atoms with E-state index in [1.807, 2.05) is 31.5 Å². The van der Waals surface area contributed by atoms with Gasteiger partial charge in [0.2, 0.25) is 12.2 Å². The van der Waals surface area contributed by atoms with Crippen molar-refractivity contribution in [2.75, 3.05) is 0 Å². The molecule has 1 atom stereocenters. The molecule has 6 nitrogen and oxygen atoms in total. The second-order valence-corrected chi connectivity index (χ2v) is 5.36. The fourth-order valence-electron chi connectivity index (χ4n) is 2.32. The van der Waals surface area contributed by atoms with Gasteiger partial charge in [-0.1, -0.05) is 29.4 Å². The van der Waals surface area contributed by atoms with Gasteiger partial charge in [0.05, 0.1) is 0 Å². The lowest BCUT2D eigenvalue weighted by molar-refractivity contribution is 0.419. The molecular formula is C16H19N5O. The Balaban J connectivity index is 1.54. The molecule has 0 radical (unpaired) electrons. The molecule has 1 N–H and O–H groups in total. The molecule has 0 aliphatic heterocycles. The van der Waals surface area contributed by atoms with Crippen LogP contribution in [0.25, 0.3) is 11.4 Å². The van der Waals surface area contributed by atoms with Crippen molar-refractivity contribution in [2.45, 2.75) is 33.0 Å². The van der Waals surface area contributed by atoms with Crippen LogP contribution in [0.3, 0.4) is 0 Å². The van der Waals surface area contributed by atoms with Gasteiger partial charge >= 0.3 is 0 Å². The maximum absolute atomic E-state index is 4.76. The average Bonchev–Trinajstić information content (AvgIpc) is 3.18. The Labute approximate surface area is 129 Å². The van der Waals surface area contributed by atoms with E-state index in [2.05, 4.69) is 44.1 Å². The van der Waals surface area contributed by atoms with E-state index in [1.165, 1.54) is 12.0 Å². The summed E-state index contributed by atoms with van der Waals surface area (Å²) in [5, 5.41) is 7.35. The van der Waals surface area contributed by atoms with E-state index in [0.717, 1.165) is 24.5 Å². The van der Waals surface area contributed by atoms with Crippen molar-refractivity contribution in [3.8, 4) is 11.4 Å². The number of nitrogens with one attached hydrogen (secondary N) is 1. The van der Waals surface area contributed by atoms with Crippen LogP contribution < -0.4 is 5.32 Å². The van der Waals surface area contributed by atoms with Crippen molar-refractivity contribution in [3.05, 3.63) is 54.4 Å². The summed E-state index contributed by atoms with van der Waals surface area (Å²) in [6.07, 6.45) is 5.18. The summed E-state index contributed by atoms with van der Waals surface area (Å²) >= 11 is 0. The van der Waals surface area contributed by atoms with Crippen LogP contribution in [0.4, 0.5) is 0 Å². The molecule has 114 valence electrons. The smallest absolute Gasteiger partial charge is 0.214 e. The third kappa shape index (κ3) is 3.40. The van der Waals surface area contributed by atoms with Gasteiger partial charge in [0.1, 0.15) is 5.82 Å². The van der Waals surface area contributed by atoms with E-state index < -0.39 is 0 Å². The predicted octanol–water partition coefficient (Wildman–Crippen LogP) is 2.42. The Morgan fingerprint density at radius 1 is 1.23 bits per heavy atom. The van der Waals surface area contributed by atoms with Crippen molar-refractivity contribution in [1.29, 1.82) is 0 Å². The molecule has 1 aromatic carbocycles. The fraction of sp³-hybridized carbons (Fsp3) is 0.312. The van der Waals surface area contributed by atoms with Gasteiger partial charge < -0.3 is 14.4 Å². The third-order valence-corrected chi connectivity index (χ3v) is 3.62. The van der Waals surface area contributed by atoms with E-state index in [-0.39, 0.29) is 0 Å². The van der Waals surface area contributed by atoms with Gasteiger partial charge in [-0.05, 0) is 19.4 Å². The zero-order chi connectivity index (χ0) is 15.4. The second-order valence-electron chi connectivity index (χ2n) is 5.36. The lowest BCUT2D eigenvalue weighted by Gasteiger charge is -2.15. The number of rotatable bonds is 6. The van der Waals surface area contributed by atoms with Gasteiger partial charge in [-0.25, -0.2) is 4.98 Å². The van der Waals surface area contributed by atoms with Crippen LogP contribution in [0.1, 0.15) is 18.3 Å². The highest BCUT2D eigenvalue weighted by Crippen LogP contribution is 2.15. The maximum Gasteiger partial charge on any atom is 0.214 e. The minimum Gasteiger partial charge on any atom is -0.342 e. The molecule has 0 fully saturated rings. The summed E-state index contributed by atoms with van der Waals surface area (Å²) in [7, 11) is 0. The molecule has 0 saturated carbocycles. The molecule has 2 aromatic heterocycles. The van der Waals surface area contributed by atoms with Gasteiger partial charge in [0.15, 0.2) is 0 Å². The van der Waals surface area contributed by atoms with Gasteiger partial charge in [0, 0.05) is 37.1 Å². The number of hydrogen-bond donors (Lipinski definition) is 1. The molecule has 3 aromatic rings. The number of nitrogens with zero attached hydrogens (tertiary/aromatic N) is 4. The van der Waals surface area contributed by atoms with Crippen molar-refractivity contribution >= 4 is 0 Å². The molecule has 0 unspecified atom stereocenters. The Hall–Kier alpha value is -2.47. The molecule has 0 saturated heterocycles. The van der Waals surface area contributed by atoms with Gasteiger partial charge in [-0.3, -0.25) is 0 Å². The van der Waals surface area contributed by atoms with Crippen molar-refractivity contribution in [2.24, 2.45) is 0 Å². The highest BCUT2D eigenvalue weighted by atomic mass is 16.5. The van der Waals surface area contributed by atoms with E-state index in [4.69, 9.17) is 4.52 Å². The standard InChI is InChI=1S/C16H19N5O/c1-12(10-21-8-7-17-13(21)2)18-9-14-3-5-15(6-4-14)16-19-11-22-20-16/h3-8,11-12,18H,9-10H2,1-2H3/t12-/m1/s1. The first kappa shape index (κ1) is 14.5. The lowest BCUT2D eigenvalue weighted by Crippen LogP contribution is -2.30. The Bertz CT molecular complexity index is 702. The van der Waals surface area contributed by atoms with Crippen molar-refractivity contribution in [3.63, 3.8) is 0 Å². The monoisotopic (exact) mass is 297 g/mol. The number of benzene rings is 1. The van der Waals surface area contributed by atoms with Crippen molar-refractivity contribution in [1.82, 2.24) is 25.0 Å². The number of hydrogen-bond acceptors (Lipinski definition) is 5. The average molecular weight is 297 g/mol. The summed E-state index contributed by atoms with van der Waals surface area (Å²) in [6.45, 7) is 5.92. The summed E-state index contributed by atoms with van der Waals surface area (Å²) in [6, 6.07) is 8.53. The van der Waals surface area contributed by atoms with E-state index in [9.17, 15) is 0 Å². The molecule has 0 bridgehead atoms. The lowest BCUT2D eigenvalue weighted by atomic mass is 10.1. The minimum atomic E-state index is 0.366. The van der Waals surface area contributed by atoms with E-state index >= 15 is 0 Å². The number of aryl methyl sites for hydroxylation is 1. The van der Waals surface area contributed by atoms with Crippen LogP contribution in [0.15, 0.2) is 47.6 Å². The van der Waals surface area contributed by atoms with Crippen LogP contribution >= 0.6 is 0 Å². The van der Waals surface area contributed by atoms with Gasteiger partial charge in [0.25, 0.3) is 0 Å². The van der Waals surface area contributed by atoms with Crippen LogP contribution in [0.5, 0.6) is 0 Å². The summed E-state index contributed by atoms with van der Waals surface area (Å²) < 4.78 is 6.91. The topological polar surface area (TPSA) is 68.8 Å². The number of imidazole rings is 1. The predicted molar refractivity (Wildman–Crippen MR) is 83.0 cm³/mol. The molecule has 0 spiro atoms. The zero-order valence-electron chi connectivity index (χ0n) is 12.7. The number of aromatic nitrogens is 4. The van der Waals surface area contributed by atoms with Crippen LogP contribution in [-0.4, -0.2) is 25.7 Å². The van der Waals surface area contributed by atoms with Crippen molar-refractivity contribution < 1.29 is 4.52 Å². The second kappa shape index (κ2) is 6.53. The molecule has 0 aliphatic rings. The first-order valence-electron chi connectivity index (χ1n) is 7.29. The molecule has 6 heteroatoms. The zero-order valence-corrected chi connectivity index (χ0v) is 12.7. The first-order chi connectivity index (χ1) is 10.7. The van der Waals surface area contributed by atoms with E-state index in [0.29, 0.717) is 11.9 Å². The first-order valence-corrected chi connectivity index (χ1v) is 7.29. The Morgan fingerprint density at radius 3 is 2.68 bits per heavy atom.